The van der Waals surface area contributed by atoms with Gasteiger partial charge < -0.3 is 14.8 Å². The van der Waals surface area contributed by atoms with Crippen molar-refractivity contribution in [3.05, 3.63) is 54.1 Å². The predicted octanol–water partition coefficient (Wildman–Crippen LogP) is 2.80. The highest BCUT2D eigenvalue weighted by Gasteiger charge is 2.20. The average Bonchev–Trinajstić information content (AvgIpc) is 2.61. The molecule has 6 heteroatoms. The van der Waals surface area contributed by atoms with Gasteiger partial charge in [0.1, 0.15) is 12.5 Å². The zero-order valence-corrected chi connectivity index (χ0v) is 13.8. The number of nitrogens with one attached hydrogen (secondary N) is 1. The average molecular weight is 327 g/mol. The van der Waals surface area contributed by atoms with E-state index in [4.69, 9.17) is 21.7 Å². The van der Waals surface area contributed by atoms with Crippen LogP contribution in [0.3, 0.4) is 0 Å². The summed E-state index contributed by atoms with van der Waals surface area (Å²) in [5.41, 5.74) is 1.91. The fourth-order valence-electron chi connectivity index (χ4n) is 2.37. The second-order valence-electron chi connectivity index (χ2n) is 4.91. The summed E-state index contributed by atoms with van der Waals surface area (Å²) < 4.78 is 10.6. The molecule has 0 fully saturated rings. The highest BCUT2D eigenvalue weighted by atomic mass is 32.1. The van der Waals surface area contributed by atoms with Crippen molar-refractivity contribution in [2.24, 2.45) is 4.99 Å². The van der Waals surface area contributed by atoms with Crippen molar-refractivity contribution in [3.63, 3.8) is 0 Å². The van der Waals surface area contributed by atoms with Crippen LogP contribution in [0.5, 0.6) is 11.5 Å². The lowest BCUT2D eigenvalue weighted by molar-refractivity contribution is 0.355. The van der Waals surface area contributed by atoms with Gasteiger partial charge in [-0.1, -0.05) is 30.3 Å². The van der Waals surface area contributed by atoms with Crippen molar-refractivity contribution in [2.45, 2.75) is 0 Å². The van der Waals surface area contributed by atoms with Crippen LogP contribution < -0.4 is 19.7 Å². The first-order valence-electron chi connectivity index (χ1n) is 7.13. The Morgan fingerprint density at radius 3 is 2.43 bits per heavy atom. The number of hydrogen-bond donors (Lipinski definition) is 1. The first-order chi connectivity index (χ1) is 11.2. The second-order valence-corrected chi connectivity index (χ2v) is 5.30. The predicted molar refractivity (Wildman–Crippen MR) is 95.6 cm³/mol. The molecule has 118 valence electrons. The van der Waals surface area contributed by atoms with Crippen molar-refractivity contribution in [3.8, 4) is 11.5 Å². The van der Waals surface area contributed by atoms with Gasteiger partial charge in [-0.05, 0) is 24.4 Å². The van der Waals surface area contributed by atoms with Crippen LogP contribution in [-0.2, 0) is 0 Å². The van der Waals surface area contributed by atoms with E-state index in [0.29, 0.717) is 23.3 Å². The molecular formula is C17H17N3O2S. The number of methoxy groups -OCH3 is 2. The molecule has 1 heterocycles. The SMILES string of the molecule is COc1ccc(N2CN=C(c3ccccc3)NC2=S)cc1OC. The Bertz CT molecular complexity index is 747. The third-order valence-electron chi connectivity index (χ3n) is 3.57. The summed E-state index contributed by atoms with van der Waals surface area (Å²) in [7, 11) is 3.22. The van der Waals surface area contributed by atoms with Crippen LogP contribution in [-0.4, -0.2) is 31.8 Å². The van der Waals surface area contributed by atoms with Gasteiger partial charge in [0, 0.05) is 17.3 Å². The van der Waals surface area contributed by atoms with Crippen molar-refractivity contribution >= 4 is 28.9 Å². The number of hydrogen-bond acceptors (Lipinski definition) is 4. The molecule has 0 bridgehead atoms. The van der Waals surface area contributed by atoms with Crippen molar-refractivity contribution in [2.75, 3.05) is 25.8 Å². The summed E-state index contributed by atoms with van der Waals surface area (Å²) in [4.78, 5) is 6.48. The minimum absolute atomic E-state index is 0.450. The molecule has 0 radical (unpaired) electrons. The molecule has 5 nitrogen and oxygen atoms in total. The maximum Gasteiger partial charge on any atom is 0.180 e. The smallest absolute Gasteiger partial charge is 0.180 e. The standard InChI is InChI=1S/C17H17N3O2S/c1-21-14-9-8-13(10-15(14)22-2)20-11-18-16(19-17(20)23)12-6-4-3-5-7-12/h3-10H,11H2,1-2H3,(H,18,19,23). The molecule has 0 unspecified atom stereocenters. The van der Waals surface area contributed by atoms with Crippen LogP contribution in [0.4, 0.5) is 5.69 Å². The number of aliphatic imine (C=N–C) groups is 1. The third kappa shape index (κ3) is 3.12. The van der Waals surface area contributed by atoms with Gasteiger partial charge in [0.15, 0.2) is 16.6 Å². The Kier molecular flexibility index (Phi) is 4.43. The molecule has 1 aliphatic rings. The molecule has 0 saturated carbocycles. The minimum atomic E-state index is 0.450. The number of ether oxygens (including phenoxy) is 2. The highest BCUT2D eigenvalue weighted by Crippen LogP contribution is 2.32. The fraction of sp³-hybridized carbons (Fsp3) is 0.176. The molecule has 0 spiro atoms. The van der Waals surface area contributed by atoms with Gasteiger partial charge in [-0.2, -0.15) is 0 Å². The Hall–Kier alpha value is -2.60. The van der Waals surface area contributed by atoms with Gasteiger partial charge in [0.25, 0.3) is 0 Å². The second kappa shape index (κ2) is 6.66. The number of rotatable bonds is 4. The van der Waals surface area contributed by atoms with E-state index in [9.17, 15) is 0 Å². The van der Waals surface area contributed by atoms with Gasteiger partial charge >= 0.3 is 0 Å². The largest absolute Gasteiger partial charge is 0.493 e. The number of benzene rings is 2. The molecule has 0 atom stereocenters. The monoisotopic (exact) mass is 327 g/mol. The van der Waals surface area contributed by atoms with E-state index in [1.807, 2.05) is 53.4 Å². The van der Waals surface area contributed by atoms with E-state index in [2.05, 4.69) is 10.3 Å². The van der Waals surface area contributed by atoms with E-state index in [0.717, 1.165) is 17.1 Å². The maximum atomic E-state index is 5.49. The van der Waals surface area contributed by atoms with Crippen molar-refractivity contribution < 1.29 is 9.47 Å². The van der Waals surface area contributed by atoms with Crippen LogP contribution in [0.25, 0.3) is 0 Å². The quantitative estimate of drug-likeness (QED) is 0.875. The van der Waals surface area contributed by atoms with Crippen LogP contribution >= 0.6 is 12.2 Å². The molecule has 0 aliphatic carbocycles. The lowest BCUT2D eigenvalue weighted by Gasteiger charge is -2.29. The highest BCUT2D eigenvalue weighted by molar-refractivity contribution is 7.80. The van der Waals surface area contributed by atoms with Gasteiger partial charge in [0.05, 0.1) is 14.2 Å². The minimum Gasteiger partial charge on any atom is -0.493 e. The summed E-state index contributed by atoms with van der Waals surface area (Å²) >= 11 is 5.49. The Labute approximate surface area is 140 Å². The Morgan fingerprint density at radius 1 is 1.04 bits per heavy atom. The lowest BCUT2D eigenvalue weighted by Crippen LogP contribution is -2.47. The van der Waals surface area contributed by atoms with Gasteiger partial charge in [-0.15, -0.1) is 0 Å². The summed E-state index contributed by atoms with van der Waals surface area (Å²) in [6.45, 7) is 0.450. The Balaban J connectivity index is 1.86. The number of amidine groups is 1. The van der Waals surface area contributed by atoms with E-state index < -0.39 is 0 Å². The van der Waals surface area contributed by atoms with E-state index >= 15 is 0 Å². The topological polar surface area (TPSA) is 46.1 Å². The lowest BCUT2D eigenvalue weighted by atomic mass is 10.2. The molecular weight excluding hydrogens is 310 g/mol. The molecule has 1 N–H and O–H groups in total. The molecule has 23 heavy (non-hydrogen) atoms. The number of thiocarbonyl (C=S) groups is 1. The molecule has 0 saturated heterocycles. The summed E-state index contributed by atoms with van der Waals surface area (Å²) in [5, 5.41) is 3.79. The third-order valence-corrected chi connectivity index (χ3v) is 3.89. The van der Waals surface area contributed by atoms with Crippen molar-refractivity contribution in [1.82, 2.24) is 5.32 Å². The summed E-state index contributed by atoms with van der Waals surface area (Å²) in [5.74, 6) is 2.12. The van der Waals surface area contributed by atoms with E-state index in [-0.39, 0.29) is 0 Å². The molecule has 2 aromatic carbocycles. The molecule has 3 rings (SSSR count). The van der Waals surface area contributed by atoms with Gasteiger partial charge in [-0.25, -0.2) is 4.99 Å². The normalized spacial score (nSPS) is 14.1. The van der Waals surface area contributed by atoms with Crippen LogP contribution in [0.15, 0.2) is 53.5 Å². The van der Waals surface area contributed by atoms with E-state index in [1.165, 1.54) is 0 Å². The first kappa shape index (κ1) is 15.3. The number of anilines is 1. The van der Waals surface area contributed by atoms with Crippen molar-refractivity contribution in [1.29, 1.82) is 0 Å². The molecule has 2 aromatic rings. The van der Waals surface area contributed by atoms with Crippen LogP contribution in [0.1, 0.15) is 5.56 Å². The molecule has 0 amide bonds. The fourth-order valence-corrected chi connectivity index (χ4v) is 2.62. The summed E-state index contributed by atoms with van der Waals surface area (Å²) in [6.07, 6.45) is 0. The maximum absolute atomic E-state index is 5.49. The first-order valence-corrected chi connectivity index (χ1v) is 7.54. The number of nitrogens with zero attached hydrogens (tertiary/aromatic N) is 2. The zero-order valence-electron chi connectivity index (χ0n) is 12.9. The molecule has 0 aromatic heterocycles. The van der Waals surface area contributed by atoms with Crippen LogP contribution in [0, 0.1) is 0 Å². The molecule has 1 aliphatic heterocycles. The Morgan fingerprint density at radius 2 is 1.78 bits per heavy atom. The van der Waals surface area contributed by atoms with Gasteiger partial charge in [-0.3, -0.25) is 4.90 Å². The van der Waals surface area contributed by atoms with Gasteiger partial charge in [0.2, 0.25) is 0 Å². The van der Waals surface area contributed by atoms with Crippen LogP contribution in [0.2, 0.25) is 0 Å². The zero-order chi connectivity index (χ0) is 16.2. The van der Waals surface area contributed by atoms with E-state index in [1.54, 1.807) is 14.2 Å². The summed E-state index contributed by atoms with van der Waals surface area (Å²) in [6, 6.07) is 15.6.